The number of carboxylic acid groups (broad SMARTS) is 1. The fourth-order valence-corrected chi connectivity index (χ4v) is 3.96. The van der Waals surface area contributed by atoms with E-state index < -0.39 is 5.97 Å². The topological polar surface area (TPSA) is 70.7 Å². The molecule has 1 aromatic heterocycles. The van der Waals surface area contributed by atoms with Gasteiger partial charge in [0, 0.05) is 11.8 Å². The standard InChI is InChI=1S/C14H11NO4S/c16-12-9(13-15(12)10(6-20-13)14(17)18)5-8-4-7-2-1-3-11(7)19-8/h4-6,13H,1-3H2,(H,17,18)/b9-5-. The molecule has 3 aliphatic rings. The summed E-state index contributed by atoms with van der Waals surface area (Å²) in [4.78, 5) is 24.3. The van der Waals surface area contributed by atoms with Crippen molar-refractivity contribution in [3.05, 3.63) is 39.8 Å². The molecule has 1 aliphatic carbocycles. The van der Waals surface area contributed by atoms with Crippen LogP contribution in [0.15, 0.2) is 27.2 Å². The van der Waals surface area contributed by atoms with Crippen molar-refractivity contribution in [2.75, 3.05) is 0 Å². The van der Waals surface area contributed by atoms with Crippen LogP contribution in [-0.4, -0.2) is 27.3 Å². The van der Waals surface area contributed by atoms with E-state index in [0.29, 0.717) is 11.3 Å². The summed E-state index contributed by atoms with van der Waals surface area (Å²) in [6.07, 6.45) is 4.86. The number of amides is 1. The number of hydrogen-bond donors (Lipinski definition) is 1. The third-order valence-corrected chi connectivity index (χ3v) is 4.90. The van der Waals surface area contributed by atoms with Gasteiger partial charge in [-0.25, -0.2) is 4.79 Å². The van der Waals surface area contributed by atoms with Crippen molar-refractivity contribution < 1.29 is 19.1 Å². The first-order valence-electron chi connectivity index (χ1n) is 6.41. The number of thioether (sulfide) groups is 1. The highest BCUT2D eigenvalue weighted by atomic mass is 32.2. The SMILES string of the molecule is O=C(O)C1=CSC2/C(=C\c3cc4c(o3)CCC4)C(=O)N12. The van der Waals surface area contributed by atoms with Gasteiger partial charge in [0.15, 0.2) is 0 Å². The average molecular weight is 289 g/mol. The summed E-state index contributed by atoms with van der Waals surface area (Å²) in [6.45, 7) is 0. The normalized spacial score (nSPS) is 25.5. The maximum absolute atomic E-state index is 12.0. The number of β-lactam (4-membered cyclic amide) rings is 1. The monoisotopic (exact) mass is 289 g/mol. The van der Waals surface area contributed by atoms with Crippen LogP contribution < -0.4 is 0 Å². The molecule has 0 radical (unpaired) electrons. The van der Waals surface area contributed by atoms with Gasteiger partial charge in [-0.1, -0.05) is 0 Å². The zero-order valence-corrected chi connectivity index (χ0v) is 11.3. The molecule has 1 unspecified atom stereocenters. The maximum atomic E-state index is 12.0. The van der Waals surface area contributed by atoms with Crippen molar-refractivity contribution >= 4 is 29.7 Å². The molecule has 0 bridgehead atoms. The van der Waals surface area contributed by atoms with Crippen LogP contribution in [0.4, 0.5) is 0 Å². The van der Waals surface area contributed by atoms with Gasteiger partial charge in [-0.15, -0.1) is 11.8 Å². The zero-order chi connectivity index (χ0) is 13.9. The van der Waals surface area contributed by atoms with Gasteiger partial charge in [0.25, 0.3) is 5.91 Å². The van der Waals surface area contributed by atoms with Crippen molar-refractivity contribution in [1.29, 1.82) is 0 Å². The smallest absolute Gasteiger partial charge is 0.353 e. The van der Waals surface area contributed by atoms with E-state index >= 15 is 0 Å². The molecule has 1 aromatic rings. The van der Waals surface area contributed by atoms with E-state index in [0.717, 1.165) is 25.0 Å². The number of aryl methyl sites for hydroxylation is 2. The molecular formula is C14H11NO4S. The number of carbonyl (C=O) groups is 2. The van der Waals surface area contributed by atoms with Gasteiger partial charge in [-0.05, 0) is 30.5 Å². The molecule has 20 heavy (non-hydrogen) atoms. The third kappa shape index (κ3) is 1.51. The van der Waals surface area contributed by atoms with Gasteiger partial charge < -0.3 is 9.52 Å². The Balaban J connectivity index is 1.61. The molecule has 4 rings (SSSR count). The zero-order valence-electron chi connectivity index (χ0n) is 10.5. The molecule has 2 aliphatic heterocycles. The Bertz CT molecular complexity index is 679. The third-order valence-electron chi connectivity index (χ3n) is 3.82. The molecule has 5 nitrogen and oxygen atoms in total. The van der Waals surface area contributed by atoms with Crippen LogP contribution >= 0.6 is 11.8 Å². The maximum Gasteiger partial charge on any atom is 0.353 e. The van der Waals surface area contributed by atoms with Gasteiger partial charge in [-0.3, -0.25) is 9.69 Å². The van der Waals surface area contributed by atoms with Gasteiger partial charge >= 0.3 is 5.97 Å². The summed E-state index contributed by atoms with van der Waals surface area (Å²) in [5, 5.41) is 10.3. The fraction of sp³-hybridized carbons (Fsp3) is 0.286. The van der Waals surface area contributed by atoms with E-state index in [9.17, 15) is 9.59 Å². The second-order valence-electron chi connectivity index (χ2n) is 5.02. The van der Waals surface area contributed by atoms with Crippen LogP contribution in [0.2, 0.25) is 0 Å². The summed E-state index contributed by atoms with van der Waals surface area (Å²) in [6, 6.07) is 1.98. The lowest BCUT2D eigenvalue weighted by Crippen LogP contribution is -2.51. The number of hydrogen-bond acceptors (Lipinski definition) is 4. The van der Waals surface area contributed by atoms with E-state index in [4.69, 9.17) is 9.52 Å². The molecule has 1 atom stereocenters. The largest absolute Gasteiger partial charge is 0.477 e. The molecule has 0 saturated carbocycles. The Morgan fingerprint density at radius 2 is 2.35 bits per heavy atom. The van der Waals surface area contributed by atoms with Gasteiger partial charge in [0.2, 0.25) is 0 Å². The summed E-state index contributed by atoms with van der Waals surface area (Å²) < 4.78 is 5.71. The van der Waals surface area contributed by atoms with E-state index in [2.05, 4.69) is 0 Å². The number of furan rings is 1. The minimum atomic E-state index is -1.07. The quantitative estimate of drug-likeness (QED) is 0.666. The molecule has 6 heteroatoms. The number of carbonyl (C=O) groups excluding carboxylic acids is 1. The van der Waals surface area contributed by atoms with Gasteiger partial charge in [-0.2, -0.15) is 0 Å². The van der Waals surface area contributed by atoms with Gasteiger partial charge in [0.05, 0.1) is 5.57 Å². The van der Waals surface area contributed by atoms with Crippen LogP contribution in [0.25, 0.3) is 6.08 Å². The summed E-state index contributed by atoms with van der Waals surface area (Å²) >= 11 is 1.34. The molecule has 3 heterocycles. The average Bonchev–Trinajstić information content (AvgIpc) is 3.07. The molecule has 1 N–H and O–H groups in total. The predicted molar refractivity (Wildman–Crippen MR) is 72.7 cm³/mol. The summed E-state index contributed by atoms with van der Waals surface area (Å²) in [7, 11) is 0. The lowest BCUT2D eigenvalue weighted by molar-refractivity contribution is -0.141. The first-order chi connectivity index (χ1) is 9.65. The van der Waals surface area contributed by atoms with E-state index in [-0.39, 0.29) is 17.0 Å². The Morgan fingerprint density at radius 1 is 1.50 bits per heavy atom. The Hall–Kier alpha value is -1.95. The predicted octanol–water partition coefficient (Wildman–Crippen LogP) is 1.99. The first kappa shape index (κ1) is 11.8. The molecule has 0 aromatic carbocycles. The summed E-state index contributed by atoms with van der Waals surface area (Å²) in [5.41, 5.74) is 1.89. The van der Waals surface area contributed by atoms with Crippen molar-refractivity contribution in [3.8, 4) is 0 Å². The highest BCUT2D eigenvalue weighted by Gasteiger charge is 2.49. The van der Waals surface area contributed by atoms with Crippen LogP contribution in [-0.2, 0) is 22.4 Å². The van der Waals surface area contributed by atoms with Crippen molar-refractivity contribution in [2.24, 2.45) is 0 Å². The lowest BCUT2D eigenvalue weighted by atomic mass is 10.0. The Morgan fingerprint density at radius 3 is 3.10 bits per heavy atom. The number of fused-ring (bicyclic) bond motifs is 2. The van der Waals surface area contributed by atoms with Crippen molar-refractivity contribution in [3.63, 3.8) is 0 Å². The van der Waals surface area contributed by atoms with Crippen LogP contribution in [0.1, 0.15) is 23.5 Å². The number of rotatable bonds is 2. The minimum Gasteiger partial charge on any atom is -0.477 e. The molecule has 0 spiro atoms. The number of aliphatic carboxylic acids is 1. The van der Waals surface area contributed by atoms with Crippen molar-refractivity contribution in [2.45, 2.75) is 24.6 Å². The minimum absolute atomic E-state index is 0.0593. The first-order valence-corrected chi connectivity index (χ1v) is 7.35. The second kappa shape index (κ2) is 4.02. The van der Waals surface area contributed by atoms with Crippen LogP contribution in [0.3, 0.4) is 0 Å². The molecule has 102 valence electrons. The Labute approximate surface area is 118 Å². The molecule has 1 saturated heterocycles. The van der Waals surface area contributed by atoms with E-state index in [1.54, 1.807) is 6.08 Å². The highest BCUT2D eigenvalue weighted by Crippen LogP contribution is 2.45. The Kier molecular flexibility index (Phi) is 2.38. The summed E-state index contributed by atoms with van der Waals surface area (Å²) in [5.74, 6) is 0.403. The molecule has 1 fully saturated rings. The van der Waals surface area contributed by atoms with E-state index in [1.807, 2.05) is 6.07 Å². The van der Waals surface area contributed by atoms with Gasteiger partial charge in [0.1, 0.15) is 22.6 Å². The number of carboxylic acids is 1. The number of nitrogens with zero attached hydrogens (tertiary/aromatic N) is 1. The van der Waals surface area contributed by atoms with E-state index in [1.165, 1.54) is 27.6 Å². The highest BCUT2D eigenvalue weighted by molar-refractivity contribution is 8.03. The second-order valence-corrected chi connectivity index (χ2v) is 5.98. The van der Waals surface area contributed by atoms with Crippen LogP contribution in [0, 0.1) is 0 Å². The fourth-order valence-electron chi connectivity index (χ4n) is 2.84. The van der Waals surface area contributed by atoms with Crippen molar-refractivity contribution in [1.82, 2.24) is 4.90 Å². The molecular weight excluding hydrogens is 278 g/mol. The molecule has 1 amide bonds. The lowest BCUT2D eigenvalue weighted by Gasteiger charge is -2.36. The van der Waals surface area contributed by atoms with Crippen LogP contribution in [0.5, 0.6) is 0 Å².